The quantitative estimate of drug-likeness (QED) is 0.442. The molecule has 0 aromatic heterocycles. The molecule has 0 atom stereocenters. The Morgan fingerprint density at radius 2 is 1.77 bits per heavy atom. The molecule has 0 aliphatic rings. The first-order valence-corrected chi connectivity index (χ1v) is 10.9. The first-order valence-electron chi connectivity index (χ1n) is 9.20. The second-order valence-corrected chi connectivity index (χ2v) is 8.43. The summed E-state index contributed by atoms with van der Waals surface area (Å²) in [6.45, 7) is 4.10. The average Bonchev–Trinajstić information content (AvgIpc) is 2.75. The van der Waals surface area contributed by atoms with Crippen molar-refractivity contribution in [3.8, 4) is 0 Å². The van der Waals surface area contributed by atoms with Crippen molar-refractivity contribution >= 4 is 27.5 Å². The van der Waals surface area contributed by atoms with Gasteiger partial charge in [0.15, 0.2) is 9.84 Å². The molecule has 0 aliphatic carbocycles. The van der Waals surface area contributed by atoms with Crippen molar-refractivity contribution in [2.24, 2.45) is 0 Å². The van der Waals surface area contributed by atoms with Gasteiger partial charge in [-0.3, -0.25) is 4.79 Å². The second kappa shape index (κ2) is 11.1. The summed E-state index contributed by atoms with van der Waals surface area (Å²) in [6.07, 6.45) is 0.643. The van der Waals surface area contributed by atoms with Gasteiger partial charge in [0.2, 0.25) is 5.91 Å². The maximum Gasteiger partial charge on any atom is 0.409 e. The summed E-state index contributed by atoms with van der Waals surface area (Å²) >= 11 is 0. The number of rotatable bonds is 10. The van der Waals surface area contributed by atoms with Crippen LogP contribution in [-0.4, -0.2) is 51.3 Å². The van der Waals surface area contributed by atoms with Gasteiger partial charge >= 0.3 is 6.09 Å². The fourth-order valence-electron chi connectivity index (χ4n) is 2.40. The lowest BCUT2D eigenvalue weighted by molar-refractivity contribution is -0.111. The Balaban J connectivity index is 1.74. The summed E-state index contributed by atoms with van der Waals surface area (Å²) in [5, 5.41) is 5.37. The van der Waals surface area contributed by atoms with E-state index in [0.717, 1.165) is 11.6 Å². The number of likely N-dealkylation sites (N-methyl/N-ethyl adjacent to an activating group) is 1. The minimum absolute atomic E-state index is 0.127. The molecule has 0 saturated heterocycles. The van der Waals surface area contributed by atoms with E-state index in [-0.39, 0.29) is 36.4 Å². The summed E-state index contributed by atoms with van der Waals surface area (Å²) in [7, 11) is -1.97. The number of nitrogens with zero attached hydrogens (tertiary/aromatic N) is 1. The zero-order chi connectivity index (χ0) is 22.0. The van der Waals surface area contributed by atoms with Crippen LogP contribution in [-0.2, 0) is 26.0 Å². The lowest BCUT2D eigenvalue weighted by Crippen LogP contribution is -2.35. The van der Waals surface area contributed by atoms with E-state index < -0.39 is 15.9 Å². The Labute approximate surface area is 176 Å². The molecule has 2 amide bonds. The summed E-state index contributed by atoms with van der Waals surface area (Å²) in [5.41, 5.74) is 1.36. The average molecular weight is 432 g/mol. The molecule has 0 radical (unpaired) electrons. The summed E-state index contributed by atoms with van der Waals surface area (Å²) in [6, 6.07) is 15.2. The first kappa shape index (κ1) is 23.1. The zero-order valence-corrected chi connectivity index (χ0v) is 17.5. The number of nitrogens with one attached hydrogen (secondary N) is 2. The van der Waals surface area contributed by atoms with E-state index in [1.807, 2.05) is 30.3 Å². The van der Waals surface area contributed by atoms with E-state index in [4.69, 9.17) is 4.74 Å². The highest BCUT2D eigenvalue weighted by Gasteiger charge is 2.15. The lowest BCUT2D eigenvalue weighted by Gasteiger charge is -2.17. The molecule has 2 aromatic carbocycles. The van der Waals surface area contributed by atoms with Crippen LogP contribution >= 0.6 is 0 Å². The number of amides is 2. The molecule has 0 aliphatic heterocycles. The molecule has 8 nitrogen and oxygen atoms in total. The number of benzene rings is 2. The highest BCUT2D eigenvalue weighted by molar-refractivity contribution is 7.91. The molecule has 0 heterocycles. The van der Waals surface area contributed by atoms with E-state index in [2.05, 4.69) is 17.2 Å². The Hall–Kier alpha value is -3.17. The van der Waals surface area contributed by atoms with E-state index in [1.54, 1.807) is 7.05 Å². The molecule has 0 bridgehead atoms. The molecule has 160 valence electrons. The molecule has 2 N–H and O–H groups in total. The smallest absolute Gasteiger partial charge is 0.409 e. The van der Waals surface area contributed by atoms with Crippen molar-refractivity contribution in [1.29, 1.82) is 0 Å². The first-order chi connectivity index (χ1) is 14.3. The van der Waals surface area contributed by atoms with Crippen molar-refractivity contribution in [3.05, 3.63) is 72.8 Å². The van der Waals surface area contributed by atoms with Crippen LogP contribution in [0.2, 0.25) is 0 Å². The van der Waals surface area contributed by atoms with Gasteiger partial charge in [0, 0.05) is 25.8 Å². The SMILES string of the molecule is C=CC(=O)Nc1ccc(S(=O)(=O)CNCCN(C)C(=O)OCc2ccccc2)cc1. The van der Waals surface area contributed by atoms with E-state index >= 15 is 0 Å². The number of hydrogen-bond acceptors (Lipinski definition) is 6. The predicted octanol–water partition coefficient (Wildman–Crippen LogP) is 2.40. The van der Waals surface area contributed by atoms with Crippen molar-refractivity contribution in [2.45, 2.75) is 11.5 Å². The normalized spacial score (nSPS) is 10.8. The fourth-order valence-corrected chi connectivity index (χ4v) is 3.53. The van der Waals surface area contributed by atoms with Crippen LogP contribution in [0.15, 0.2) is 72.1 Å². The minimum atomic E-state index is -3.55. The van der Waals surface area contributed by atoms with E-state index in [9.17, 15) is 18.0 Å². The Morgan fingerprint density at radius 1 is 1.10 bits per heavy atom. The highest BCUT2D eigenvalue weighted by atomic mass is 32.2. The molecular formula is C21H25N3O5S. The number of hydrogen-bond donors (Lipinski definition) is 2. The van der Waals surface area contributed by atoms with E-state index in [1.165, 1.54) is 29.2 Å². The summed E-state index contributed by atoms with van der Waals surface area (Å²) in [5.74, 6) is -0.656. The maximum atomic E-state index is 12.4. The van der Waals surface area contributed by atoms with Crippen LogP contribution in [0.3, 0.4) is 0 Å². The Kier molecular flexibility index (Phi) is 8.57. The monoisotopic (exact) mass is 431 g/mol. The number of sulfone groups is 1. The maximum absolute atomic E-state index is 12.4. The molecule has 2 aromatic rings. The minimum Gasteiger partial charge on any atom is -0.445 e. The standard InChI is InChI=1S/C21H25N3O5S/c1-3-20(25)23-18-9-11-19(12-10-18)30(27,28)16-22-13-14-24(2)21(26)29-15-17-7-5-4-6-8-17/h3-12,22H,1,13-16H2,2H3,(H,23,25). The van der Waals surface area contributed by atoms with Gasteiger partial charge in [-0.15, -0.1) is 0 Å². The Bertz CT molecular complexity index is 960. The second-order valence-electron chi connectivity index (χ2n) is 6.44. The van der Waals surface area contributed by atoms with Crippen LogP contribution in [0.4, 0.5) is 10.5 Å². The number of ether oxygens (including phenoxy) is 1. The van der Waals surface area contributed by atoms with Crippen molar-refractivity contribution in [2.75, 3.05) is 31.3 Å². The van der Waals surface area contributed by atoms with Crippen molar-refractivity contribution in [3.63, 3.8) is 0 Å². The van der Waals surface area contributed by atoms with Crippen LogP contribution in [0.5, 0.6) is 0 Å². The van der Waals surface area contributed by atoms with Gasteiger partial charge in [-0.05, 0) is 35.9 Å². The van der Waals surface area contributed by atoms with Gasteiger partial charge in [0.05, 0.1) is 4.90 Å². The number of carbonyl (C=O) groups is 2. The predicted molar refractivity (Wildman–Crippen MR) is 115 cm³/mol. The molecule has 0 unspecified atom stereocenters. The third-order valence-electron chi connectivity index (χ3n) is 4.10. The molecule has 30 heavy (non-hydrogen) atoms. The van der Waals surface area contributed by atoms with Gasteiger partial charge in [0.25, 0.3) is 0 Å². The summed E-state index contributed by atoms with van der Waals surface area (Å²) < 4.78 is 30.0. The fraction of sp³-hybridized carbons (Fsp3) is 0.238. The van der Waals surface area contributed by atoms with E-state index in [0.29, 0.717) is 5.69 Å². The molecule has 0 fully saturated rings. The molecule has 2 rings (SSSR count). The topological polar surface area (TPSA) is 105 Å². The molecular weight excluding hydrogens is 406 g/mol. The van der Waals surface area contributed by atoms with Gasteiger partial charge in [0.1, 0.15) is 12.5 Å². The van der Waals surface area contributed by atoms with Crippen LogP contribution in [0.1, 0.15) is 5.56 Å². The van der Waals surface area contributed by atoms with Crippen molar-refractivity contribution < 1.29 is 22.7 Å². The molecule has 9 heteroatoms. The molecule has 0 spiro atoms. The van der Waals surface area contributed by atoms with Gasteiger partial charge in [-0.1, -0.05) is 36.9 Å². The van der Waals surface area contributed by atoms with Crippen LogP contribution < -0.4 is 10.6 Å². The number of carbonyl (C=O) groups excluding carboxylic acids is 2. The number of anilines is 1. The largest absolute Gasteiger partial charge is 0.445 e. The lowest BCUT2D eigenvalue weighted by atomic mass is 10.2. The van der Waals surface area contributed by atoms with Gasteiger partial charge in [-0.25, -0.2) is 13.2 Å². The van der Waals surface area contributed by atoms with Crippen LogP contribution in [0, 0.1) is 0 Å². The molecule has 0 saturated carbocycles. The highest BCUT2D eigenvalue weighted by Crippen LogP contribution is 2.15. The van der Waals surface area contributed by atoms with Gasteiger partial charge in [-0.2, -0.15) is 0 Å². The third kappa shape index (κ3) is 7.34. The van der Waals surface area contributed by atoms with Crippen LogP contribution in [0.25, 0.3) is 0 Å². The van der Waals surface area contributed by atoms with Crippen molar-refractivity contribution in [1.82, 2.24) is 10.2 Å². The zero-order valence-electron chi connectivity index (χ0n) is 16.7. The third-order valence-corrected chi connectivity index (χ3v) is 5.67. The Morgan fingerprint density at radius 3 is 2.40 bits per heavy atom. The van der Waals surface area contributed by atoms with Gasteiger partial charge < -0.3 is 20.3 Å². The summed E-state index contributed by atoms with van der Waals surface area (Å²) in [4.78, 5) is 24.7.